The minimum absolute atomic E-state index is 0.111. The maximum atomic E-state index is 14.2. The van der Waals surface area contributed by atoms with E-state index in [9.17, 15) is 28.8 Å². The van der Waals surface area contributed by atoms with Crippen molar-refractivity contribution in [2.24, 2.45) is 0 Å². The Bertz CT molecular complexity index is 1300. The number of piperazine rings is 2. The van der Waals surface area contributed by atoms with Crippen LogP contribution in [0.15, 0.2) is 24.5 Å². The molecule has 1 N–H and O–H groups in total. The van der Waals surface area contributed by atoms with Crippen LogP contribution in [0.5, 0.6) is 0 Å². The van der Waals surface area contributed by atoms with Gasteiger partial charge in [-0.15, -0.1) is 0 Å². The first kappa shape index (κ1) is 36.0. The molecule has 1 aromatic heterocycles. The van der Waals surface area contributed by atoms with E-state index in [0.717, 1.165) is 22.6 Å². The Hall–Kier alpha value is -4.43. The molecule has 3 heterocycles. The number of hydrogen-bond donors (Lipinski definition) is 1. The molecule has 2 fully saturated rings. The van der Waals surface area contributed by atoms with Crippen molar-refractivity contribution in [3.63, 3.8) is 0 Å². The lowest BCUT2D eigenvalue weighted by atomic mass is 9.93. The Morgan fingerprint density at radius 3 is 2.04 bits per heavy atom. The first-order chi connectivity index (χ1) is 21.4. The van der Waals surface area contributed by atoms with Crippen molar-refractivity contribution in [1.29, 1.82) is 0 Å². The predicted molar refractivity (Wildman–Crippen MR) is 165 cm³/mol. The topological polar surface area (TPSA) is 168 Å². The van der Waals surface area contributed by atoms with E-state index < -0.39 is 71.5 Å². The minimum Gasteiger partial charge on any atom is -0.467 e. The highest BCUT2D eigenvalue weighted by Crippen LogP contribution is 2.27. The molecule has 3 rings (SSSR count). The number of aromatic nitrogens is 1. The van der Waals surface area contributed by atoms with E-state index in [4.69, 9.17) is 14.2 Å². The zero-order valence-electron chi connectivity index (χ0n) is 28.0. The Balaban J connectivity index is 1.83. The first-order valence-electron chi connectivity index (χ1n) is 15.2. The van der Waals surface area contributed by atoms with Gasteiger partial charge in [-0.05, 0) is 60.6 Å². The Morgan fingerprint density at radius 1 is 0.913 bits per heavy atom. The zero-order valence-corrected chi connectivity index (χ0v) is 28.0. The van der Waals surface area contributed by atoms with Crippen LogP contribution < -0.4 is 10.2 Å². The Morgan fingerprint density at radius 2 is 1.50 bits per heavy atom. The van der Waals surface area contributed by atoms with Gasteiger partial charge in [0, 0.05) is 57.3 Å². The average molecular weight is 647 g/mol. The summed E-state index contributed by atoms with van der Waals surface area (Å²) in [6.45, 7) is 12.3. The standard InChI is InChI=1S/C31H46N6O9/c1-29(2,3)45-24(39)20-36-17-18-37(31(7,26(36)41)27(42)44-8)25(40)22(33-28(43)46-30(4,5)6)19-23(38)35-15-13-34(14-16-35)21-9-11-32-12-10-21/h9-12,22H,13-20H2,1-8H3,(H,33,43)/t22-,31+/m0/s1. The van der Waals surface area contributed by atoms with Gasteiger partial charge in [0.05, 0.1) is 13.5 Å². The average Bonchev–Trinajstić information content (AvgIpc) is 2.97. The summed E-state index contributed by atoms with van der Waals surface area (Å²) in [7, 11) is 1.07. The van der Waals surface area contributed by atoms with E-state index in [-0.39, 0.29) is 13.1 Å². The maximum absolute atomic E-state index is 14.2. The van der Waals surface area contributed by atoms with Crippen LogP contribution in [0, 0.1) is 0 Å². The molecule has 46 heavy (non-hydrogen) atoms. The van der Waals surface area contributed by atoms with Crippen LogP contribution in [0.3, 0.4) is 0 Å². The van der Waals surface area contributed by atoms with Gasteiger partial charge in [-0.25, -0.2) is 9.59 Å². The third kappa shape index (κ3) is 9.07. The number of alkyl carbamates (subject to hydrolysis) is 1. The maximum Gasteiger partial charge on any atom is 0.408 e. The third-order valence-corrected chi connectivity index (χ3v) is 7.45. The van der Waals surface area contributed by atoms with Crippen molar-refractivity contribution < 1.29 is 43.0 Å². The number of methoxy groups -OCH3 is 1. The van der Waals surface area contributed by atoms with Crippen LogP contribution in [-0.2, 0) is 38.2 Å². The molecule has 2 saturated heterocycles. The molecular weight excluding hydrogens is 600 g/mol. The zero-order chi connectivity index (χ0) is 34.4. The number of hydrogen-bond acceptors (Lipinski definition) is 11. The summed E-state index contributed by atoms with van der Waals surface area (Å²) >= 11 is 0. The summed E-state index contributed by atoms with van der Waals surface area (Å²) in [5.74, 6) is -3.85. The molecule has 0 aromatic carbocycles. The van der Waals surface area contributed by atoms with Crippen molar-refractivity contribution in [2.75, 3.05) is 57.8 Å². The molecule has 0 spiro atoms. The van der Waals surface area contributed by atoms with E-state index >= 15 is 0 Å². The van der Waals surface area contributed by atoms with Crippen LogP contribution in [0.2, 0.25) is 0 Å². The molecule has 2 aliphatic rings. The van der Waals surface area contributed by atoms with Crippen molar-refractivity contribution in [3.05, 3.63) is 24.5 Å². The van der Waals surface area contributed by atoms with Gasteiger partial charge >= 0.3 is 18.0 Å². The molecule has 254 valence electrons. The van der Waals surface area contributed by atoms with Gasteiger partial charge in [-0.2, -0.15) is 0 Å². The number of ether oxygens (including phenoxy) is 3. The highest BCUT2D eigenvalue weighted by atomic mass is 16.6. The summed E-state index contributed by atoms with van der Waals surface area (Å²) in [6.07, 6.45) is 1.98. The van der Waals surface area contributed by atoms with Gasteiger partial charge in [0.25, 0.3) is 5.91 Å². The van der Waals surface area contributed by atoms with Crippen molar-refractivity contribution in [1.82, 2.24) is 25.0 Å². The molecule has 0 saturated carbocycles. The SMILES string of the molecule is COC(=O)[C@@]1(C)C(=O)N(CC(=O)OC(C)(C)C)CCN1C(=O)[C@H](CC(=O)N1CCN(c2ccncc2)CC1)NC(=O)OC(C)(C)C. The number of carbonyl (C=O) groups excluding carboxylic acids is 6. The first-order valence-corrected chi connectivity index (χ1v) is 15.2. The molecule has 0 unspecified atom stereocenters. The molecule has 0 radical (unpaired) electrons. The van der Waals surface area contributed by atoms with E-state index in [1.807, 2.05) is 12.1 Å². The summed E-state index contributed by atoms with van der Waals surface area (Å²) in [5.41, 5.74) is -2.93. The van der Waals surface area contributed by atoms with Crippen molar-refractivity contribution >= 4 is 41.4 Å². The van der Waals surface area contributed by atoms with E-state index in [0.29, 0.717) is 26.2 Å². The molecule has 0 bridgehead atoms. The normalized spacial score (nSPS) is 19.7. The van der Waals surface area contributed by atoms with E-state index in [2.05, 4.69) is 15.2 Å². The van der Waals surface area contributed by atoms with Gasteiger partial charge in [-0.3, -0.25) is 24.2 Å². The number of anilines is 1. The Labute approximate surface area is 269 Å². The number of pyridine rings is 1. The molecule has 1 aromatic rings. The van der Waals surface area contributed by atoms with Gasteiger partial charge in [0.1, 0.15) is 23.8 Å². The quantitative estimate of drug-likeness (QED) is 0.243. The number of amides is 4. The molecule has 15 nitrogen and oxygen atoms in total. The van der Waals surface area contributed by atoms with Crippen molar-refractivity contribution in [3.8, 4) is 0 Å². The second-order valence-electron chi connectivity index (χ2n) is 13.3. The molecule has 2 aliphatic heterocycles. The lowest BCUT2D eigenvalue weighted by Crippen LogP contribution is -2.72. The van der Waals surface area contributed by atoms with E-state index in [1.54, 1.807) is 58.8 Å². The molecule has 0 aliphatic carbocycles. The lowest BCUT2D eigenvalue weighted by molar-refractivity contribution is -0.179. The fraction of sp³-hybridized carbons (Fsp3) is 0.645. The summed E-state index contributed by atoms with van der Waals surface area (Å²) in [6, 6.07) is 2.28. The molecule has 4 amide bonds. The highest BCUT2D eigenvalue weighted by Gasteiger charge is 2.56. The minimum atomic E-state index is -2.20. The fourth-order valence-corrected chi connectivity index (χ4v) is 5.29. The number of rotatable bonds is 8. The monoisotopic (exact) mass is 646 g/mol. The fourth-order valence-electron chi connectivity index (χ4n) is 5.29. The van der Waals surface area contributed by atoms with Crippen LogP contribution in [0.1, 0.15) is 54.9 Å². The third-order valence-electron chi connectivity index (χ3n) is 7.45. The largest absolute Gasteiger partial charge is 0.467 e. The molecular formula is C31H46N6O9. The molecule has 15 heteroatoms. The molecule has 2 atom stereocenters. The van der Waals surface area contributed by atoms with E-state index in [1.165, 1.54) is 6.92 Å². The van der Waals surface area contributed by atoms with Gasteiger partial charge in [0.2, 0.25) is 17.4 Å². The predicted octanol–water partition coefficient (Wildman–Crippen LogP) is 0.958. The Kier molecular flexibility index (Phi) is 11.2. The summed E-state index contributed by atoms with van der Waals surface area (Å²) in [5, 5.41) is 2.49. The number of nitrogens with zero attached hydrogens (tertiary/aromatic N) is 5. The number of esters is 2. The summed E-state index contributed by atoms with van der Waals surface area (Å²) < 4.78 is 15.6. The smallest absolute Gasteiger partial charge is 0.408 e. The van der Waals surface area contributed by atoms with Crippen LogP contribution in [-0.4, -0.2) is 131 Å². The number of carbonyl (C=O) groups is 6. The van der Waals surface area contributed by atoms with Gasteiger partial charge < -0.3 is 39.1 Å². The van der Waals surface area contributed by atoms with Gasteiger partial charge in [0.15, 0.2) is 0 Å². The number of nitrogens with one attached hydrogen (secondary N) is 1. The van der Waals surface area contributed by atoms with Crippen molar-refractivity contribution in [2.45, 2.75) is 77.7 Å². The van der Waals surface area contributed by atoms with Gasteiger partial charge in [-0.1, -0.05) is 0 Å². The second kappa shape index (κ2) is 14.3. The van der Waals surface area contributed by atoms with Crippen LogP contribution >= 0.6 is 0 Å². The lowest BCUT2D eigenvalue weighted by Gasteiger charge is -2.46. The van der Waals surface area contributed by atoms with Crippen LogP contribution in [0.4, 0.5) is 10.5 Å². The summed E-state index contributed by atoms with van der Waals surface area (Å²) in [4.78, 5) is 89.8. The highest BCUT2D eigenvalue weighted by molar-refractivity contribution is 6.11. The van der Waals surface area contributed by atoms with Crippen LogP contribution in [0.25, 0.3) is 0 Å². The second-order valence-corrected chi connectivity index (χ2v) is 13.3.